The highest BCUT2D eigenvalue weighted by Gasteiger charge is 2.15. The van der Waals surface area contributed by atoms with Crippen molar-refractivity contribution in [2.45, 2.75) is 13.5 Å². The Kier molecular flexibility index (Phi) is 3.56. The molecule has 2 N–H and O–H groups in total. The van der Waals surface area contributed by atoms with Crippen molar-refractivity contribution in [3.63, 3.8) is 0 Å². The normalized spacial score (nSPS) is 9.86. The minimum absolute atomic E-state index is 0.0307. The highest BCUT2D eigenvalue weighted by atomic mass is 127. The lowest BCUT2D eigenvalue weighted by atomic mass is 10.1. The standard InChI is InChI=1S/C9H10IN3O/c1-2-13-4-3-6(5-13)8(14)7(11)9(10)12/h3-5,11-12H,2H2,1H3. The second kappa shape index (κ2) is 4.50. The number of rotatable bonds is 4. The molecule has 0 atom stereocenters. The molecule has 5 heteroatoms. The summed E-state index contributed by atoms with van der Waals surface area (Å²) in [7, 11) is 0. The Balaban J connectivity index is 2.89. The van der Waals surface area contributed by atoms with Crippen molar-refractivity contribution in [3.05, 3.63) is 24.0 Å². The largest absolute Gasteiger partial charge is 0.354 e. The lowest BCUT2D eigenvalue weighted by molar-refractivity contribution is 0.106. The molecule has 0 unspecified atom stereocenters. The monoisotopic (exact) mass is 303 g/mol. The molecule has 0 aliphatic heterocycles. The second-order valence-corrected chi connectivity index (χ2v) is 3.83. The van der Waals surface area contributed by atoms with Crippen LogP contribution in [0, 0.1) is 10.8 Å². The molecule has 1 heterocycles. The van der Waals surface area contributed by atoms with Gasteiger partial charge in [0.15, 0.2) is 0 Å². The van der Waals surface area contributed by atoms with Gasteiger partial charge in [0, 0.05) is 24.5 Å². The molecule has 4 nitrogen and oxygen atoms in total. The average Bonchev–Trinajstić information content (AvgIpc) is 2.63. The van der Waals surface area contributed by atoms with E-state index in [0.717, 1.165) is 6.54 Å². The molecule has 1 aromatic rings. The average molecular weight is 303 g/mol. The summed E-state index contributed by atoms with van der Waals surface area (Å²) in [6, 6.07) is 1.67. The van der Waals surface area contributed by atoms with Crippen molar-refractivity contribution >= 4 is 37.8 Å². The Morgan fingerprint density at radius 3 is 2.64 bits per heavy atom. The van der Waals surface area contributed by atoms with Gasteiger partial charge in [-0.05, 0) is 35.6 Å². The number of hydrogen-bond donors (Lipinski definition) is 2. The first-order valence-electron chi connectivity index (χ1n) is 4.09. The van der Waals surface area contributed by atoms with E-state index in [-0.39, 0.29) is 9.43 Å². The lowest BCUT2D eigenvalue weighted by Gasteiger charge is -1.97. The highest BCUT2D eigenvalue weighted by molar-refractivity contribution is 14.1. The van der Waals surface area contributed by atoms with Gasteiger partial charge in [-0.15, -0.1) is 0 Å². The molecule has 0 saturated heterocycles. The Hall–Kier alpha value is -0.980. The van der Waals surface area contributed by atoms with Gasteiger partial charge in [0.25, 0.3) is 0 Å². The van der Waals surface area contributed by atoms with Crippen molar-refractivity contribution in [2.24, 2.45) is 0 Å². The summed E-state index contributed by atoms with van der Waals surface area (Å²) in [5.41, 5.74) is 0.220. The van der Waals surface area contributed by atoms with Crippen LogP contribution >= 0.6 is 22.6 Å². The van der Waals surface area contributed by atoms with Crippen LogP contribution < -0.4 is 0 Å². The molecule has 0 aromatic carbocycles. The second-order valence-electron chi connectivity index (χ2n) is 2.75. The number of nitrogens with one attached hydrogen (secondary N) is 2. The van der Waals surface area contributed by atoms with E-state index >= 15 is 0 Å². The Bertz CT molecular complexity index is 395. The number of carbonyl (C=O) groups is 1. The van der Waals surface area contributed by atoms with Crippen LogP contribution in [0.5, 0.6) is 0 Å². The van der Waals surface area contributed by atoms with Gasteiger partial charge in [-0.25, -0.2) is 0 Å². The molecule has 0 spiro atoms. The summed E-state index contributed by atoms with van der Waals surface area (Å²) < 4.78 is 1.83. The van der Waals surface area contributed by atoms with Gasteiger partial charge in [0.2, 0.25) is 5.78 Å². The number of halogens is 1. The summed E-state index contributed by atoms with van der Waals surface area (Å²) >= 11 is 1.66. The molecule has 0 fully saturated rings. The fraction of sp³-hybridized carbons (Fsp3) is 0.222. The predicted molar refractivity (Wildman–Crippen MR) is 63.9 cm³/mol. The summed E-state index contributed by atoms with van der Waals surface area (Å²) in [5.74, 6) is -0.392. The van der Waals surface area contributed by atoms with Crippen LogP contribution in [0.25, 0.3) is 0 Å². The molecular formula is C9H10IN3O. The number of ketones is 1. The van der Waals surface area contributed by atoms with Crippen LogP contribution in [-0.2, 0) is 6.54 Å². The van der Waals surface area contributed by atoms with Gasteiger partial charge in [0.1, 0.15) is 9.43 Å². The van der Waals surface area contributed by atoms with E-state index in [4.69, 9.17) is 10.8 Å². The zero-order chi connectivity index (χ0) is 10.7. The van der Waals surface area contributed by atoms with Gasteiger partial charge in [-0.2, -0.15) is 0 Å². The van der Waals surface area contributed by atoms with Crippen LogP contribution in [0.4, 0.5) is 0 Å². The van der Waals surface area contributed by atoms with Crippen LogP contribution in [-0.4, -0.2) is 19.8 Å². The summed E-state index contributed by atoms with van der Waals surface area (Å²) in [6.07, 6.45) is 3.48. The maximum Gasteiger partial charge on any atom is 0.214 e. The van der Waals surface area contributed by atoms with Crippen LogP contribution in [0.2, 0.25) is 0 Å². The van der Waals surface area contributed by atoms with Crippen molar-refractivity contribution in [2.75, 3.05) is 0 Å². The van der Waals surface area contributed by atoms with Gasteiger partial charge < -0.3 is 4.57 Å². The third-order valence-electron chi connectivity index (χ3n) is 1.82. The van der Waals surface area contributed by atoms with Gasteiger partial charge in [-0.1, -0.05) is 0 Å². The first-order chi connectivity index (χ1) is 6.56. The van der Waals surface area contributed by atoms with E-state index < -0.39 is 5.78 Å². The summed E-state index contributed by atoms with van der Waals surface area (Å²) in [4.78, 5) is 11.5. The summed E-state index contributed by atoms with van der Waals surface area (Å²) in [5, 5.41) is 14.5. The first kappa shape index (κ1) is 11.1. The molecule has 1 aromatic heterocycles. The van der Waals surface area contributed by atoms with E-state index in [1.54, 1.807) is 41.1 Å². The fourth-order valence-electron chi connectivity index (χ4n) is 1.02. The van der Waals surface area contributed by atoms with Gasteiger partial charge in [0.05, 0.1) is 0 Å². The van der Waals surface area contributed by atoms with Crippen LogP contribution in [0.15, 0.2) is 18.5 Å². The Morgan fingerprint density at radius 1 is 1.57 bits per heavy atom. The van der Waals surface area contributed by atoms with Gasteiger partial charge in [-0.3, -0.25) is 15.6 Å². The highest BCUT2D eigenvalue weighted by Crippen LogP contribution is 2.05. The maximum atomic E-state index is 11.5. The van der Waals surface area contributed by atoms with Crippen LogP contribution in [0.1, 0.15) is 17.3 Å². The third kappa shape index (κ3) is 2.28. The molecular weight excluding hydrogens is 293 g/mol. The zero-order valence-corrected chi connectivity index (χ0v) is 9.83. The van der Waals surface area contributed by atoms with Crippen molar-refractivity contribution in [1.29, 1.82) is 10.8 Å². The van der Waals surface area contributed by atoms with E-state index in [1.807, 2.05) is 11.5 Å². The smallest absolute Gasteiger partial charge is 0.214 e. The third-order valence-corrected chi connectivity index (χ3v) is 2.36. The molecule has 0 aliphatic rings. The van der Waals surface area contributed by atoms with Crippen molar-refractivity contribution in [3.8, 4) is 0 Å². The number of carbonyl (C=O) groups excluding carboxylic acids is 1. The maximum absolute atomic E-state index is 11.5. The molecule has 74 valence electrons. The number of hydrogen-bond acceptors (Lipinski definition) is 3. The van der Waals surface area contributed by atoms with Crippen molar-refractivity contribution in [1.82, 2.24) is 4.57 Å². The summed E-state index contributed by atoms with van der Waals surface area (Å²) in [6.45, 7) is 2.77. The SMILES string of the molecule is CCn1ccc(C(=O)C(=N)C(=N)I)c1. The van der Waals surface area contributed by atoms with E-state index in [9.17, 15) is 4.79 Å². The lowest BCUT2D eigenvalue weighted by Crippen LogP contribution is -2.17. The van der Waals surface area contributed by atoms with E-state index in [1.165, 1.54) is 0 Å². The molecule has 0 radical (unpaired) electrons. The van der Waals surface area contributed by atoms with E-state index in [0.29, 0.717) is 5.56 Å². The number of nitrogens with zero attached hydrogens (tertiary/aromatic N) is 1. The molecule has 14 heavy (non-hydrogen) atoms. The van der Waals surface area contributed by atoms with Gasteiger partial charge >= 0.3 is 0 Å². The number of aryl methyl sites for hydroxylation is 1. The minimum atomic E-state index is -0.392. The Morgan fingerprint density at radius 2 is 2.21 bits per heavy atom. The first-order valence-corrected chi connectivity index (χ1v) is 5.17. The van der Waals surface area contributed by atoms with Crippen LogP contribution in [0.3, 0.4) is 0 Å². The predicted octanol–water partition coefficient (Wildman–Crippen LogP) is 2.12. The Labute approximate surface area is 95.5 Å². The quantitative estimate of drug-likeness (QED) is 0.499. The zero-order valence-electron chi connectivity index (χ0n) is 7.67. The number of Topliss-reactive ketones (excluding diaryl/α,β-unsaturated/α-hetero) is 1. The molecule has 1 rings (SSSR count). The molecule has 0 aliphatic carbocycles. The fourth-order valence-corrected chi connectivity index (χ4v) is 1.26. The minimum Gasteiger partial charge on any atom is -0.354 e. The molecule has 0 amide bonds. The van der Waals surface area contributed by atoms with Crippen molar-refractivity contribution < 1.29 is 4.79 Å². The molecule has 0 bridgehead atoms. The molecule has 0 saturated carbocycles. The van der Waals surface area contributed by atoms with E-state index in [2.05, 4.69) is 0 Å². The topological polar surface area (TPSA) is 69.7 Å². The number of aromatic nitrogens is 1.